The van der Waals surface area contributed by atoms with Gasteiger partial charge in [0.2, 0.25) is 11.9 Å². The second-order valence-electron chi connectivity index (χ2n) is 5.42. The van der Waals surface area contributed by atoms with E-state index in [4.69, 9.17) is 10.5 Å². The predicted octanol–water partition coefficient (Wildman–Crippen LogP) is 1.69. The summed E-state index contributed by atoms with van der Waals surface area (Å²) in [5.74, 6) is 1.36. The van der Waals surface area contributed by atoms with E-state index >= 15 is 0 Å². The molecule has 0 unspecified atom stereocenters. The molecule has 1 aliphatic carbocycles. The van der Waals surface area contributed by atoms with E-state index in [0.29, 0.717) is 25.0 Å². The fraction of sp³-hybridized carbons (Fsp3) is 0.467. The number of hydrogen-bond acceptors (Lipinski definition) is 4. The highest BCUT2D eigenvalue weighted by atomic mass is 16.5. The zero-order valence-corrected chi connectivity index (χ0v) is 12.1. The Morgan fingerprint density at radius 2 is 2.33 bits per heavy atom. The van der Waals surface area contributed by atoms with Crippen molar-refractivity contribution in [1.82, 2.24) is 14.9 Å². The minimum Gasteiger partial charge on any atom is -0.497 e. The largest absolute Gasteiger partial charge is 0.497 e. The summed E-state index contributed by atoms with van der Waals surface area (Å²) >= 11 is 0. The van der Waals surface area contributed by atoms with E-state index < -0.39 is 0 Å². The van der Waals surface area contributed by atoms with E-state index in [1.807, 2.05) is 22.8 Å². The quantitative estimate of drug-likeness (QED) is 0.847. The monoisotopic (exact) mass is 288 g/mol. The first-order chi connectivity index (χ1) is 10.2. The fourth-order valence-electron chi connectivity index (χ4n) is 2.42. The number of fused-ring (bicyclic) bond motifs is 1. The standard InChI is InChI=1S/C15H20N4O2/c1-21-11-6-7-13-12(9-11)18-15(16)19(13)8-2-3-14(20)17-10-4-5-10/h6-7,9-10H,2-5,8H2,1H3,(H2,16,18)(H,17,20). The van der Waals surface area contributed by atoms with Crippen molar-refractivity contribution in [2.24, 2.45) is 0 Å². The number of aromatic nitrogens is 2. The van der Waals surface area contributed by atoms with Crippen LogP contribution in [0.25, 0.3) is 11.0 Å². The topological polar surface area (TPSA) is 82.2 Å². The number of nitrogens with one attached hydrogen (secondary N) is 1. The SMILES string of the molecule is COc1ccc2c(c1)nc(N)n2CCCC(=O)NC1CC1. The number of rotatable bonds is 6. The van der Waals surface area contributed by atoms with Gasteiger partial charge in [-0.05, 0) is 31.4 Å². The number of benzene rings is 1. The molecular formula is C15H20N4O2. The molecule has 1 saturated carbocycles. The Bertz CT molecular complexity index is 661. The highest BCUT2D eigenvalue weighted by Gasteiger charge is 2.22. The number of anilines is 1. The van der Waals surface area contributed by atoms with Crippen LogP contribution in [0.15, 0.2) is 18.2 Å². The van der Waals surface area contributed by atoms with Crippen molar-refractivity contribution in [3.05, 3.63) is 18.2 Å². The van der Waals surface area contributed by atoms with Gasteiger partial charge in [0.1, 0.15) is 5.75 Å². The van der Waals surface area contributed by atoms with Crippen LogP contribution in [0.2, 0.25) is 0 Å². The molecule has 0 aliphatic heterocycles. The van der Waals surface area contributed by atoms with Gasteiger partial charge in [-0.3, -0.25) is 4.79 Å². The molecule has 1 amide bonds. The number of nitrogen functional groups attached to an aromatic ring is 1. The highest BCUT2D eigenvalue weighted by Crippen LogP contribution is 2.23. The van der Waals surface area contributed by atoms with E-state index in [0.717, 1.165) is 36.0 Å². The van der Waals surface area contributed by atoms with Crippen molar-refractivity contribution in [3.8, 4) is 5.75 Å². The number of imidazole rings is 1. The van der Waals surface area contributed by atoms with Crippen LogP contribution in [0.1, 0.15) is 25.7 Å². The van der Waals surface area contributed by atoms with Crippen LogP contribution in [0, 0.1) is 0 Å². The van der Waals surface area contributed by atoms with Gasteiger partial charge in [-0.15, -0.1) is 0 Å². The van der Waals surface area contributed by atoms with Gasteiger partial charge in [0, 0.05) is 25.1 Å². The third kappa shape index (κ3) is 3.09. The molecule has 112 valence electrons. The lowest BCUT2D eigenvalue weighted by atomic mass is 10.2. The molecule has 3 rings (SSSR count). The zero-order valence-electron chi connectivity index (χ0n) is 12.1. The van der Waals surface area contributed by atoms with E-state index in [1.165, 1.54) is 0 Å². The summed E-state index contributed by atoms with van der Waals surface area (Å²) in [6, 6.07) is 6.12. The molecule has 1 aromatic heterocycles. The lowest BCUT2D eigenvalue weighted by molar-refractivity contribution is -0.121. The third-order valence-corrected chi connectivity index (χ3v) is 3.71. The average Bonchev–Trinajstić information content (AvgIpc) is 3.22. The highest BCUT2D eigenvalue weighted by molar-refractivity contribution is 5.80. The molecule has 1 aliphatic rings. The van der Waals surface area contributed by atoms with E-state index in [2.05, 4.69) is 10.3 Å². The van der Waals surface area contributed by atoms with Crippen LogP contribution in [0.3, 0.4) is 0 Å². The summed E-state index contributed by atoms with van der Waals surface area (Å²) in [7, 11) is 1.62. The Balaban J connectivity index is 1.65. The lowest BCUT2D eigenvalue weighted by Crippen LogP contribution is -2.25. The molecule has 6 heteroatoms. The van der Waals surface area contributed by atoms with Gasteiger partial charge in [-0.2, -0.15) is 0 Å². The van der Waals surface area contributed by atoms with Crippen LogP contribution < -0.4 is 15.8 Å². The summed E-state index contributed by atoms with van der Waals surface area (Å²) in [5.41, 5.74) is 7.75. The van der Waals surface area contributed by atoms with Gasteiger partial charge < -0.3 is 20.4 Å². The van der Waals surface area contributed by atoms with E-state index in [-0.39, 0.29) is 5.91 Å². The molecular weight excluding hydrogens is 268 g/mol. The minimum absolute atomic E-state index is 0.127. The number of carbonyl (C=O) groups excluding carboxylic acids is 1. The smallest absolute Gasteiger partial charge is 0.220 e. The molecule has 0 spiro atoms. The maximum atomic E-state index is 11.7. The summed E-state index contributed by atoms with van der Waals surface area (Å²) in [6.45, 7) is 0.687. The zero-order chi connectivity index (χ0) is 14.8. The second-order valence-corrected chi connectivity index (χ2v) is 5.42. The maximum Gasteiger partial charge on any atom is 0.220 e. The first-order valence-corrected chi connectivity index (χ1v) is 7.26. The molecule has 1 fully saturated rings. The number of methoxy groups -OCH3 is 1. The number of nitrogens with two attached hydrogens (primary N) is 1. The van der Waals surface area contributed by atoms with Crippen molar-refractivity contribution >= 4 is 22.9 Å². The van der Waals surface area contributed by atoms with Crippen molar-refractivity contribution in [3.63, 3.8) is 0 Å². The van der Waals surface area contributed by atoms with Gasteiger partial charge in [-0.25, -0.2) is 4.98 Å². The van der Waals surface area contributed by atoms with Crippen molar-refractivity contribution in [2.75, 3.05) is 12.8 Å². The van der Waals surface area contributed by atoms with Crippen molar-refractivity contribution < 1.29 is 9.53 Å². The molecule has 1 heterocycles. The lowest BCUT2D eigenvalue weighted by Gasteiger charge is -2.07. The maximum absolute atomic E-state index is 11.7. The minimum atomic E-state index is 0.127. The summed E-state index contributed by atoms with van der Waals surface area (Å²) in [4.78, 5) is 16.0. The molecule has 1 aromatic carbocycles. The van der Waals surface area contributed by atoms with Gasteiger partial charge >= 0.3 is 0 Å². The number of aryl methyl sites for hydroxylation is 1. The molecule has 0 atom stereocenters. The number of ether oxygens (including phenoxy) is 1. The first-order valence-electron chi connectivity index (χ1n) is 7.26. The predicted molar refractivity (Wildman–Crippen MR) is 81.1 cm³/mol. The molecule has 0 bridgehead atoms. The molecule has 2 aromatic rings. The summed E-state index contributed by atoms with van der Waals surface area (Å²) in [5, 5.41) is 2.99. The van der Waals surface area contributed by atoms with Crippen LogP contribution in [-0.2, 0) is 11.3 Å². The molecule has 0 radical (unpaired) electrons. The van der Waals surface area contributed by atoms with Crippen LogP contribution in [0.4, 0.5) is 5.95 Å². The Morgan fingerprint density at radius 3 is 3.05 bits per heavy atom. The Kier molecular flexibility index (Phi) is 3.68. The van der Waals surface area contributed by atoms with Gasteiger partial charge in [0.05, 0.1) is 18.1 Å². The molecule has 6 nitrogen and oxygen atoms in total. The van der Waals surface area contributed by atoms with E-state index in [9.17, 15) is 4.79 Å². The van der Waals surface area contributed by atoms with Crippen molar-refractivity contribution in [2.45, 2.75) is 38.3 Å². The Hall–Kier alpha value is -2.24. The Labute approximate surface area is 123 Å². The van der Waals surface area contributed by atoms with Crippen LogP contribution in [-0.4, -0.2) is 28.6 Å². The molecule has 3 N–H and O–H groups in total. The van der Waals surface area contributed by atoms with Gasteiger partial charge in [-0.1, -0.05) is 0 Å². The van der Waals surface area contributed by atoms with Gasteiger partial charge in [0.25, 0.3) is 0 Å². The summed E-state index contributed by atoms with van der Waals surface area (Å²) < 4.78 is 7.13. The van der Waals surface area contributed by atoms with Crippen LogP contribution >= 0.6 is 0 Å². The van der Waals surface area contributed by atoms with Crippen LogP contribution in [0.5, 0.6) is 5.75 Å². The number of carbonyl (C=O) groups is 1. The first kappa shape index (κ1) is 13.7. The number of hydrogen-bond donors (Lipinski definition) is 2. The van der Waals surface area contributed by atoms with Crippen molar-refractivity contribution in [1.29, 1.82) is 0 Å². The average molecular weight is 288 g/mol. The van der Waals surface area contributed by atoms with E-state index in [1.54, 1.807) is 7.11 Å². The molecule has 21 heavy (non-hydrogen) atoms. The Morgan fingerprint density at radius 1 is 1.52 bits per heavy atom. The molecule has 0 saturated heterocycles. The summed E-state index contributed by atoms with van der Waals surface area (Å²) in [6.07, 6.45) is 3.51. The normalized spacial score (nSPS) is 14.3. The van der Waals surface area contributed by atoms with Gasteiger partial charge in [0.15, 0.2) is 0 Å². The third-order valence-electron chi connectivity index (χ3n) is 3.71. The second kappa shape index (κ2) is 5.63. The fourth-order valence-corrected chi connectivity index (χ4v) is 2.42. The number of nitrogens with zero attached hydrogens (tertiary/aromatic N) is 2. The number of amides is 1.